The Morgan fingerprint density at radius 2 is 2.29 bits per heavy atom. The van der Waals surface area contributed by atoms with Gasteiger partial charge in [-0.1, -0.05) is 18.6 Å². The van der Waals surface area contributed by atoms with E-state index < -0.39 is 0 Å². The lowest BCUT2D eigenvalue weighted by molar-refractivity contribution is 0.368. The molecule has 2 aromatic rings. The zero-order valence-electron chi connectivity index (χ0n) is 12.4. The third-order valence-corrected chi connectivity index (χ3v) is 4.32. The number of benzene rings is 1. The first-order valence-electron chi connectivity index (χ1n) is 7.45. The van der Waals surface area contributed by atoms with Crippen LogP contribution in [0.2, 0.25) is 0 Å². The monoisotopic (exact) mass is 284 g/mol. The highest BCUT2D eigenvalue weighted by Gasteiger charge is 2.29. The Hall–Kier alpha value is -1.99. The first-order valence-corrected chi connectivity index (χ1v) is 7.45. The number of para-hydroxylation sites is 1. The fourth-order valence-corrected chi connectivity index (χ4v) is 3.15. The van der Waals surface area contributed by atoms with Gasteiger partial charge >= 0.3 is 0 Å². The molecule has 0 radical (unpaired) electrons. The lowest BCUT2D eigenvalue weighted by Gasteiger charge is -2.20. The number of fused-ring (bicyclic) bond motifs is 1. The predicted molar refractivity (Wildman–Crippen MR) is 81.1 cm³/mol. The van der Waals surface area contributed by atoms with E-state index >= 15 is 0 Å². The minimum absolute atomic E-state index is 0.0843. The minimum atomic E-state index is 0.0843. The molecule has 3 atom stereocenters. The molecule has 1 N–H and O–H groups in total. The summed E-state index contributed by atoms with van der Waals surface area (Å²) in [6.07, 6.45) is 3.18. The second-order valence-electron chi connectivity index (χ2n) is 5.69. The number of rotatable bonds is 4. The van der Waals surface area contributed by atoms with Crippen molar-refractivity contribution in [3.63, 3.8) is 0 Å². The Kier molecular flexibility index (Phi) is 3.85. The van der Waals surface area contributed by atoms with Gasteiger partial charge in [0.2, 0.25) is 0 Å². The first kappa shape index (κ1) is 14.0. The van der Waals surface area contributed by atoms with E-state index in [2.05, 4.69) is 18.3 Å². The molecule has 1 heterocycles. The van der Waals surface area contributed by atoms with Gasteiger partial charge in [-0.25, -0.2) is 0 Å². The Labute approximate surface area is 124 Å². The van der Waals surface area contributed by atoms with E-state index in [0.29, 0.717) is 0 Å². The van der Waals surface area contributed by atoms with Crippen LogP contribution in [0.15, 0.2) is 28.7 Å². The molecule has 0 aliphatic heterocycles. The fourth-order valence-electron chi connectivity index (χ4n) is 3.15. The number of nitriles is 1. The van der Waals surface area contributed by atoms with E-state index in [1.54, 1.807) is 7.11 Å². The minimum Gasteiger partial charge on any atom is -0.493 e. The van der Waals surface area contributed by atoms with Crippen molar-refractivity contribution in [1.82, 2.24) is 5.32 Å². The Morgan fingerprint density at radius 3 is 3.05 bits per heavy atom. The normalized spacial score (nSPS) is 23.1. The van der Waals surface area contributed by atoms with Gasteiger partial charge in [0, 0.05) is 11.4 Å². The number of nitrogens with one attached hydrogen (secondary N) is 1. The summed E-state index contributed by atoms with van der Waals surface area (Å²) in [7, 11) is 1.65. The average molecular weight is 284 g/mol. The summed E-state index contributed by atoms with van der Waals surface area (Å²) in [4.78, 5) is 0. The van der Waals surface area contributed by atoms with E-state index in [4.69, 9.17) is 9.15 Å². The molecule has 1 saturated carbocycles. The molecule has 21 heavy (non-hydrogen) atoms. The number of methoxy groups -OCH3 is 1. The molecule has 0 saturated heterocycles. The van der Waals surface area contributed by atoms with Crippen LogP contribution in [0.3, 0.4) is 0 Å². The van der Waals surface area contributed by atoms with Crippen LogP contribution in [0.5, 0.6) is 5.75 Å². The van der Waals surface area contributed by atoms with Crippen LogP contribution in [0, 0.1) is 17.2 Å². The van der Waals surface area contributed by atoms with Crippen molar-refractivity contribution >= 4 is 11.0 Å². The van der Waals surface area contributed by atoms with E-state index in [1.165, 1.54) is 0 Å². The van der Waals surface area contributed by atoms with Gasteiger partial charge in [-0.05, 0) is 31.9 Å². The molecule has 4 heteroatoms. The summed E-state index contributed by atoms with van der Waals surface area (Å²) in [6.45, 7) is 2.08. The number of furan rings is 1. The van der Waals surface area contributed by atoms with Gasteiger partial charge < -0.3 is 14.5 Å². The summed E-state index contributed by atoms with van der Waals surface area (Å²) < 4.78 is 11.3. The molecule has 0 spiro atoms. The summed E-state index contributed by atoms with van der Waals surface area (Å²) in [5, 5.41) is 13.8. The molecule has 4 nitrogen and oxygen atoms in total. The van der Waals surface area contributed by atoms with Crippen molar-refractivity contribution < 1.29 is 9.15 Å². The van der Waals surface area contributed by atoms with Crippen molar-refractivity contribution in [2.75, 3.05) is 7.11 Å². The van der Waals surface area contributed by atoms with Crippen LogP contribution in [0.25, 0.3) is 11.0 Å². The summed E-state index contributed by atoms with van der Waals surface area (Å²) in [5.74, 6) is 1.76. The molecular formula is C17H20N2O2. The second kappa shape index (κ2) is 5.79. The molecular weight excluding hydrogens is 264 g/mol. The lowest BCUT2D eigenvalue weighted by atomic mass is 10.0. The van der Waals surface area contributed by atoms with Gasteiger partial charge in [0.05, 0.1) is 25.1 Å². The third kappa shape index (κ3) is 2.62. The van der Waals surface area contributed by atoms with Crippen LogP contribution < -0.4 is 10.1 Å². The van der Waals surface area contributed by atoms with Crippen LogP contribution in [0.4, 0.5) is 0 Å². The average Bonchev–Trinajstić information content (AvgIpc) is 3.12. The highest BCUT2D eigenvalue weighted by atomic mass is 16.5. The topological polar surface area (TPSA) is 58.2 Å². The Balaban J connectivity index is 1.82. The van der Waals surface area contributed by atoms with Crippen LogP contribution in [-0.2, 0) is 0 Å². The maximum absolute atomic E-state index is 9.17. The molecule has 1 aromatic carbocycles. The number of ether oxygens (including phenoxy) is 1. The lowest BCUT2D eigenvalue weighted by Crippen LogP contribution is -2.33. The number of nitrogens with zero attached hydrogens (tertiary/aromatic N) is 1. The van der Waals surface area contributed by atoms with Gasteiger partial charge in [0.1, 0.15) is 5.76 Å². The second-order valence-corrected chi connectivity index (χ2v) is 5.69. The molecule has 1 aliphatic rings. The maximum Gasteiger partial charge on any atom is 0.176 e. The number of hydrogen-bond donors (Lipinski definition) is 1. The van der Waals surface area contributed by atoms with Crippen molar-refractivity contribution in [3.05, 3.63) is 30.0 Å². The Morgan fingerprint density at radius 1 is 1.43 bits per heavy atom. The predicted octanol–water partition coefficient (Wildman–Crippen LogP) is 3.78. The van der Waals surface area contributed by atoms with Crippen LogP contribution in [-0.4, -0.2) is 13.2 Å². The maximum atomic E-state index is 9.17. The summed E-state index contributed by atoms with van der Waals surface area (Å²) in [5.41, 5.74) is 0.784. The quantitative estimate of drug-likeness (QED) is 0.928. The van der Waals surface area contributed by atoms with Gasteiger partial charge in [-0.3, -0.25) is 0 Å². The molecule has 3 unspecified atom stereocenters. The molecule has 1 fully saturated rings. The van der Waals surface area contributed by atoms with E-state index in [1.807, 2.05) is 24.3 Å². The van der Waals surface area contributed by atoms with Gasteiger partial charge in [0.25, 0.3) is 0 Å². The van der Waals surface area contributed by atoms with Crippen molar-refractivity contribution in [2.24, 2.45) is 5.92 Å². The third-order valence-electron chi connectivity index (χ3n) is 4.32. The summed E-state index contributed by atoms with van der Waals surface area (Å²) >= 11 is 0. The van der Waals surface area contributed by atoms with Crippen LogP contribution >= 0.6 is 0 Å². The molecule has 1 aliphatic carbocycles. The zero-order chi connectivity index (χ0) is 14.8. The number of hydrogen-bond acceptors (Lipinski definition) is 4. The van der Waals surface area contributed by atoms with Crippen molar-refractivity contribution in [1.29, 1.82) is 5.26 Å². The van der Waals surface area contributed by atoms with Gasteiger partial charge in [0.15, 0.2) is 11.3 Å². The van der Waals surface area contributed by atoms with Crippen molar-refractivity contribution in [2.45, 2.75) is 38.3 Å². The first-order chi connectivity index (χ1) is 10.2. The standard InChI is InChI=1S/C17H20N2O2/c1-11(19-14-7-3-6-13(14)10-18)16-9-12-5-4-8-15(20-2)17(12)21-16/h4-5,8-9,11,13-14,19H,3,6-7H2,1-2H3. The SMILES string of the molecule is COc1cccc2cc(C(C)NC3CCCC3C#N)oc12. The van der Waals surface area contributed by atoms with E-state index in [-0.39, 0.29) is 18.0 Å². The molecule has 110 valence electrons. The largest absolute Gasteiger partial charge is 0.493 e. The van der Waals surface area contributed by atoms with E-state index in [0.717, 1.165) is 41.7 Å². The molecule has 3 rings (SSSR count). The molecule has 1 aromatic heterocycles. The fraction of sp³-hybridized carbons (Fsp3) is 0.471. The smallest absolute Gasteiger partial charge is 0.176 e. The van der Waals surface area contributed by atoms with Crippen molar-refractivity contribution in [3.8, 4) is 11.8 Å². The summed E-state index contributed by atoms with van der Waals surface area (Å²) in [6, 6.07) is 10.7. The van der Waals surface area contributed by atoms with Crippen LogP contribution in [0.1, 0.15) is 38.0 Å². The highest BCUT2D eigenvalue weighted by Crippen LogP contribution is 2.32. The highest BCUT2D eigenvalue weighted by molar-refractivity contribution is 5.83. The van der Waals surface area contributed by atoms with E-state index in [9.17, 15) is 5.26 Å². The zero-order valence-corrected chi connectivity index (χ0v) is 12.4. The van der Waals surface area contributed by atoms with Gasteiger partial charge in [-0.2, -0.15) is 5.26 Å². The molecule has 0 bridgehead atoms. The Bertz CT molecular complexity index is 671. The molecule has 0 amide bonds. The van der Waals surface area contributed by atoms with Gasteiger partial charge in [-0.15, -0.1) is 0 Å².